The molecule has 0 spiro atoms. The van der Waals surface area contributed by atoms with E-state index in [9.17, 15) is 22.4 Å². The van der Waals surface area contributed by atoms with Gasteiger partial charge in [-0.2, -0.15) is 0 Å². The summed E-state index contributed by atoms with van der Waals surface area (Å²) in [4.78, 5) is 10.9. The molecule has 0 saturated heterocycles. The predicted molar refractivity (Wildman–Crippen MR) is 45.2 cm³/mol. The van der Waals surface area contributed by atoms with Gasteiger partial charge in [0.2, 0.25) is 0 Å². The molecule has 0 aliphatic heterocycles. The first-order valence-corrected chi connectivity index (χ1v) is 4.06. The van der Waals surface area contributed by atoms with E-state index in [2.05, 4.69) is 4.74 Å². The quantitative estimate of drug-likeness (QED) is 0.366. The van der Waals surface area contributed by atoms with Crippen LogP contribution in [0.2, 0.25) is 0 Å². The fourth-order valence-electron chi connectivity index (χ4n) is 1.07. The lowest BCUT2D eigenvalue weighted by atomic mass is 10.1. The van der Waals surface area contributed by atoms with E-state index < -0.39 is 40.8 Å². The van der Waals surface area contributed by atoms with Crippen LogP contribution in [-0.4, -0.2) is 13.1 Å². The number of halogens is 4. The zero-order valence-electron chi connectivity index (χ0n) is 8.06. The van der Waals surface area contributed by atoms with E-state index in [1.165, 1.54) is 0 Å². The molecule has 0 heterocycles. The molecule has 88 valence electrons. The topological polar surface area (TPSA) is 52.3 Å². The van der Waals surface area contributed by atoms with Crippen LogP contribution in [-0.2, 0) is 9.53 Å². The summed E-state index contributed by atoms with van der Waals surface area (Å²) in [5.74, 6) is -8.41. The maximum absolute atomic E-state index is 13.1. The van der Waals surface area contributed by atoms with Crippen LogP contribution in [0, 0.1) is 23.3 Å². The van der Waals surface area contributed by atoms with Crippen molar-refractivity contribution in [1.82, 2.24) is 0 Å². The van der Waals surface area contributed by atoms with Gasteiger partial charge in [-0.15, -0.1) is 0 Å². The summed E-state index contributed by atoms with van der Waals surface area (Å²) >= 11 is 0. The van der Waals surface area contributed by atoms with Gasteiger partial charge in [-0.1, -0.05) is 0 Å². The van der Waals surface area contributed by atoms with E-state index in [1.807, 2.05) is 0 Å². The Hall–Kier alpha value is -1.63. The van der Waals surface area contributed by atoms with Crippen LogP contribution in [0.4, 0.5) is 17.6 Å². The predicted octanol–water partition coefficient (Wildman–Crippen LogP) is 1.42. The molecule has 1 atom stereocenters. The van der Waals surface area contributed by atoms with Crippen molar-refractivity contribution in [3.05, 3.63) is 34.9 Å². The summed E-state index contributed by atoms with van der Waals surface area (Å²) in [6.45, 7) is 0. The highest BCUT2D eigenvalue weighted by molar-refractivity contribution is 5.77. The third kappa shape index (κ3) is 1.99. The first-order chi connectivity index (χ1) is 7.40. The molecular weight excluding hydrogens is 230 g/mol. The van der Waals surface area contributed by atoms with E-state index in [1.54, 1.807) is 0 Å². The van der Waals surface area contributed by atoms with E-state index in [0.29, 0.717) is 6.07 Å². The van der Waals surface area contributed by atoms with Crippen molar-refractivity contribution < 1.29 is 27.1 Å². The van der Waals surface area contributed by atoms with E-state index in [4.69, 9.17) is 5.73 Å². The molecule has 0 aromatic heterocycles. The first-order valence-electron chi connectivity index (χ1n) is 4.06. The molecule has 1 rings (SSSR count). The van der Waals surface area contributed by atoms with Gasteiger partial charge in [0.1, 0.15) is 6.04 Å². The largest absolute Gasteiger partial charge is 0.468 e. The van der Waals surface area contributed by atoms with Gasteiger partial charge in [-0.3, -0.25) is 4.79 Å². The van der Waals surface area contributed by atoms with Gasteiger partial charge in [0.05, 0.1) is 7.11 Å². The Labute approximate surface area is 87.8 Å². The monoisotopic (exact) mass is 237 g/mol. The van der Waals surface area contributed by atoms with Gasteiger partial charge in [0, 0.05) is 5.56 Å². The maximum Gasteiger partial charge on any atom is 0.327 e. The average molecular weight is 237 g/mol. The Balaban J connectivity index is 3.30. The van der Waals surface area contributed by atoms with Crippen LogP contribution in [0.3, 0.4) is 0 Å². The zero-order chi connectivity index (χ0) is 12.5. The highest BCUT2D eigenvalue weighted by atomic mass is 19.2. The van der Waals surface area contributed by atoms with Crippen LogP contribution in [0.5, 0.6) is 0 Å². The van der Waals surface area contributed by atoms with E-state index >= 15 is 0 Å². The summed E-state index contributed by atoms with van der Waals surface area (Å²) in [6.07, 6.45) is 0. The Kier molecular flexibility index (Phi) is 3.48. The standard InChI is InChI=1S/C9H7F4NO2/c1-16-9(15)8(14)3-2-4(10)6(12)7(13)5(3)11/h2,8H,14H2,1H3. The number of carbonyl (C=O) groups excluding carboxylic acids is 1. The van der Waals surface area contributed by atoms with E-state index in [0.717, 1.165) is 7.11 Å². The van der Waals surface area contributed by atoms with Gasteiger partial charge >= 0.3 is 5.97 Å². The van der Waals surface area contributed by atoms with Crippen LogP contribution >= 0.6 is 0 Å². The van der Waals surface area contributed by atoms with Gasteiger partial charge in [-0.05, 0) is 6.07 Å². The van der Waals surface area contributed by atoms with Crippen LogP contribution in [0.1, 0.15) is 11.6 Å². The van der Waals surface area contributed by atoms with Crippen LogP contribution in [0.25, 0.3) is 0 Å². The van der Waals surface area contributed by atoms with Crippen molar-refractivity contribution in [2.45, 2.75) is 6.04 Å². The molecule has 0 aliphatic carbocycles. The number of benzene rings is 1. The highest BCUT2D eigenvalue weighted by Gasteiger charge is 2.26. The molecule has 1 aromatic carbocycles. The molecule has 1 aromatic rings. The SMILES string of the molecule is COC(=O)C(N)c1cc(F)c(F)c(F)c1F. The number of rotatable bonds is 2. The van der Waals surface area contributed by atoms with Crippen molar-refractivity contribution in [2.24, 2.45) is 5.73 Å². The van der Waals surface area contributed by atoms with E-state index in [-0.39, 0.29) is 0 Å². The van der Waals surface area contributed by atoms with Gasteiger partial charge in [0.15, 0.2) is 23.3 Å². The molecule has 0 fully saturated rings. The second kappa shape index (κ2) is 4.48. The summed E-state index contributed by atoms with van der Waals surface area (Å²) < 4.78 is 55.4. The van der Waals surface area contributed by atoms with Crippen LogP contribution < -0.4 is 5.73 Å². The molecule has 3 nitrogen and oxygen atoms in total. The normalized spacial score (nSPS) is 12.4. The Morgan fingerprint density at radius 2 is 1.81 bits per heavy atom. The fraction of sp³-hybridized carbons (Fsp3) is 0.222. The number of hydrogen-bond donors (Lipinski definition) is 1. The number of methoxy groups -OCH3 is 1. The van der Waals surface area contributed by atoms with Crippen molar-refractivity contribution >= 4 is 5.97 Å². The minimum absolute atomic E-state index is 0.315. The summed E-state index contributed by atoms with van der Waals surface area (Å²) in [5, 5.41) is 0. The Morgan fingerprint density at radius 1 is 1.25 bits per heavy atom. The first kappa shape index (κ1) is 12.4. The van der Waals surface area contributed by atoms with Crippen molar-refractivity contribution in [1.29, 1.82) is 0 Å². The molecule has 7 heteroatoms. The van der Waals surface area contributed by atoms with Gasteiger partial charge in [0.25, 0.3) is 0 Å². The fourth-order valence-corrected chi connectivity index (χ4v) is 1.07. The molecule has 1 unspecified atom stereocenters. The molecule has 0 saturated carbocycles. The molecule has 2 N–H and O–H groups in total. The average Bonchev–Trinajstić information content (AvgIpc) is 2.29. The number of hydrogen-bond acceptors (Lipinski definition) is 3. The molecule has 0 amide bonds. The Morgan fingerprint density at radius 3 is 2.31 bits per heavy atom. The molecule has 16 heavy (non-hydrogen) atoms. The van der Waals surface area contributed by atoms with Crippen molar-refractivity contribution in [2.75, 3.05) is 7.11 Å². The second-order valence-corrected chi connectivity index (χ2v) is 2.89. The lowest BCUT2D eigenvalue weighted by Crippen LogP contribution is -2.24. The summed E-state index contributed by atoms with van der Waals surface area (Å²) in [7, 11) is 0.969. The number of carbonyl (C=O) groups is 1. The van der Waals surface area contributed by atoms with Crippen LogP contribution in [0.15, 0.2) is 6.07 Å². The summed E-state index contributed by atoms with van der Waals surface area (Å²) in [6, 6.07) is -1.40. The van der Waals surface area contributed by atoms with Crippen molar-refractivity contribution in [3.63, 3.8) is 0 Å². The molecule has 0 radical (unpaired) electrons. The van der Waals surface area contributed by atoms with Crippen molar-refractivity contribution in [3.8, 4) is 0 Å². The Bertz CT molecular complexity index is 436. The third-order valence-electron chi connectivity index (χ3n) is 1.92. The second-order valence-electron chi connectivity index (χ2n) is 2.89. The highest BCUT2D eigenvalue weighted by Crippen LogP contribution is 2.23. The third-order valence-corrected chi connectivity index (χ3v) is 1.92. The van der Waals surface area contributed by atoms with Gasteiger partial charge in [-0.25, -0.2) is 17.6 Å². The molecule has 0 aliphatic rings. The number of esters is 1. The van der Waals surface area contributed by atoms with Gasteiger partial charge < -0.3 is 10.5 Å². The molecule has 0 bridgehead atoms. The lowest BCUT2D eigenvalue weighted by molar-refractivity contribution is -0.142. The minimum atomic E-state index is -2.02. The minimum Gasteiger partial charge on any atom is -0.468 e. The smallest absolute Gasteiger partial charge is 0.327 e. The lowest BCUT2D eigenvalue weighted by Gasteiger charge is -2.11. The zero-order valence-corrected chi connectivity index (χ0v) is 8.06. The summed E-state index contributed by atoms with van der Waals surface area (Å²) in [5.41, 5.74) is 4.36. The molecular formula is C9H7F4NO2. The number of nitrogens with two attached hydrogens (primary N) is 1. The maximum atomic E-state index is 13.1. The number of ether oxygens (including phenoxy) is 1.